The molecule has 0 saturated carbocycles. The first-order valence-electron chi connectivity index (χ1n) is 5.68. The Morgan fingerprint density at radius 1 is 1.56 bits per heavy atom. The fraction of sp³-hybridized carbons (Fsp3) is 0.727. The number of hydrogen-bond donors (Lipinski definition) is 1. The van der Waals surface area contributed by atoms with Crippen LogP contribution in [0, 0.1) is 0 Å². The maximum atomic E-state index is 5.09. The van der Waals surface area contributed by atoms with Gasteiger partial charge in [-0.05, 0) is 28.9 Å². The highest BCUT2D eigenvalue weighted by atomic mass is 79.9. The van der Waals surface area contributed by atoms with E-state index in [0.29, 0.717) is 12.6 Å². The minimum Gasteiger partial charge on any atom is -0.383 e. The van der Waals surface area contributed by atoms with Crippen LogP contribution in [0.2, 0.25) is 0 Å². The molecule has 92 valence electrons. The maximum Gasteiger partial charge on any atom is 0.0696 e. The molecule has 1 rings (SSSR count). The Bertz CT molecular complexity index is 314. The molecule has 0 aliphatic heterocycles. The number of aromatic nitrogens is 2. The fourth-order valence-electron chi connectivity index (χ4n) is 1.76. The number of nitrogens with zero attached hydrogens (tertiary/aromatic N) is 2. The molecule has 0 aliphatic rings. The molecule has 0 bridgehead atoms. The smallest absolute Gasteiger partial charge is 0.0696 e. The molecule has 1 aromatic heterocycles. The second kappa shape index (κ2) is 7.04. The Morgan fingerprint density at radius 3 is 2.88 bits per heavy atom. The Balaban J connectivity index is 2.85. The van der Waals surface area contributed by atoms with Crippen LogP contribution < -0.4 is 5.32 Å². The maximum absolute atomic E-state index is 5.09. The van der Waals surface area contributed by atoms with Crippen molar-refractivity contribution in [2.45, 2.75) is 32.9 Å². The van der Waals surface area contributed by atoms with Crippen LogP contribution in [0.15, 0.2) is 10.7 Å². The highest BCUT2D eigenvalue weighted by Gasteiger charge is 2.17. The highest BCUT2D eigenvalue weighted by Crippen LogP contribution is 2.25. The summed E-state index contributed by atoms with van der Waals surface area (Å²) in [6.07, 6.45) is 2.90. The number of halogens is 1. The molecule has 1 heterocycles. The van der Waals surface area contributed by atoms with Crippen LogP contribution in [0.1, 0.15) is 32.0 Å². The van der Waals surface area contributed by atoms with Crippen molar-refractivity contribution in [3.63, 3.8) is 0 Å². The van der Waals surface area contributed by atoms with Crippen LogP contribution in [0.3, 0.4) is 0 Å². The summed E-state index contributed by atoms with van der Waals surface area (Å²) in [6.45, 7) is 6.73. The average molecular weight is 290 g/mol. The van der Waals surface area contributed by atoms with Gasteiger partial charge in [0.25, 0.3) is 0 Å². The topological polar surface area (TPSA) is 39.1 Å². The van der Waals surface area contributed by atoms with E-state index in [1.54, 1.807) is 7.11 Å². The van der Waals surface area contributed by atoms with Crippen molar-refractivity contribution in [1.29, 1.82) is 0 Å². The second-order valence-corrected chi connectivity index (χ2v) is 4.47. The van der Waals surface area contributed by atoms with Gasteiger partial charge in [0.05, 0.1) is 35.6 Å². The van der Waals surface area contributed by atoms with Gasteiger partial charge in [0.2, 0.25) is 0 Å². The van der Waals surface area contributed by atoms with Gasteiger partial charge in [0.15, 0.2) is 0 Å². The van der Waals surface area contributed by atoms with E-state index in [1.165, 1.54) is 5.69 Å². The lowest BCUT2D eigenvalue weighted by Crippen LogP contribution is -2.24. The molecular formula is C11H20BrN3O. The lowest BCUT2D eigenvalue weighted by Gasteiger charge is -2.18. The number of nitrogens with one attached hydrogen (secondary N) is 1. The van der Waals surface area contributed by atoms with E-state index in [2.05, 4.69) is 40.2 Å². The van der Waals surface area contributed by atoms with Crippen molar-refractivity contribution >= 4 is 15.9 Å². The first kappa shape index (κ1) is 13.7. The predicted octanol–water partition coefficient (Wildman–Crippen LogP) is 2.35. The van der Waals surface area contributed by atoms with E-state index in [1.807, 2.05) is 10.9 Å². The molecule has 4 nitrogen and oxygen atoms in total. The van der Waals surface area contributed by atoms with Crippen molar-refractivity contribution in [3.8, 4) is 0 Å². The quantitative estimate of drug-likeness (QED) is 0.838. The molecule has 0 saturated heterocycles. The summed E-state index contributed by atoms with van der Waals surface area (Å²) >= 11 is 3.56. The van der Waals surface area contributed by atoms with Crippen molar-refractivity contribution in [1.82, 2.24) is 15.1 Å². The molecule has 0 radical (unpaired) electrons. The summed E-state index contributed by atoms with van der Waals surface area (Å²) < 4.78 is 8.16. The largest absolute Gasteiger partial charge is 0.383 e. The van der Waals surface area contributed by atoms with Crippen molar-refractivity contribution in [2.75, 3.05) is 20.3 Å². The Hall–Kier alpha value is -0.390. The summed E-state index contributed by atoms with van der Waals surface area (Å²) in [5.74, 6) is 0. The lowest BCUT2D eigenvalue weighted by molar-refractivity contribution is 0.181. The number of ether oxygens (including phenoxy) is 1. The van der Waals surface area contributed by atoms with Crippen LogP contribution in [0.4, 0.5) is 0 Å². The van der Waals surface area contributed by atoms with Crippen molar-refractivity contribution < 1.29 is 4.74 Å². The van der Waals surface area contributed by atoms with E-state index in [-0.39, 0.29) is 0 Å². The zero-order valence-corrected chi connectivity index (χ0v) is 11.7. The lowest BCUT2D eigenvalue weighted by atomic mass is 10.1. The Morgan fingerprint density at radius 2 is 2.31 bits per heavy atom. The van der Waals surface area contributed by atoms with E-state index in [4.69, 9.17) is 4.74 Å². The molecule has 5 heteroatoms. The fourth-order valence-corrected chi connectivity index (χ4v) is 2.33. The molecule has 1 unspecified atom stereocenters. The third kappa shape index (κ3) is 3.30. The first-order chi connectivity index (χ1) is 7.74. The van der Waals surface area contributed by atoms with E-state index in [0.717, 1.165) is 24.0 Å². The molecule has 0 spiro atoms. The molecule has 1 N–H and O–H groups in total. The van der Waals surface area contributed by atoms with Crippen molar-refractivity contribution in [2.24, 2.45) is 0 Å². The normalized spacial score (nSPS) is 13.0. The van der Waals surface area contributed by atoms with E-state index in [9.17, 15) is 0 Å². The molecule has 16 heavy (non-hydrogen) atoms. The standard InChI is InChI=1S/C11H20BrN3O/c1-4-10(13-5-2)11-9(12)8-14-15(11)6-7-16-3/h8,10,13H,4-7H2,1-3H3. The van der Waals surface area contributed by atoms with E-state index < -0.39 is 0 Å². The molecule has 1 atom stereocenters. The van der Waals surface area contributed by atoms with Gasteiger partial charge >= 0.3 is 0 Å². The van der Waals surface area contributed by atoms with Gasteiger partial charge in [-0.1, -0.05) is 13.8 Å². The molecule has 0 aromatic carbocycles. The van der Waals surface area contributed by atoms with Crippen LogP contribution in [0.5, 0.6) is 0 Å². The third-order valence-electron chi connectivity index (χ3n) is 2.53. The Kier molecular flexibility index (Phi) is 6.01. The van der Waals surface area contributed by atoms with Gasteiger partial charge in [0, 0.05) is 7.11 Å². The van der Waals surface area contributed by atoms with Crippen LogP contribution in [-0.2, 0) is 11.3 Å². The zero-order valence-electron chi connectivity index (χ0n) is 10.2. The minimum atomic E-state index is 0.346. The molecule has 0 aliphatic carbocycles. The number of methoxy groups -OCH3 is 1. The van der Waals surface area contributed by atoms with E-state index >= 15 is 0 Å². The second-order valence-electron chi connectivity index (χ2n) is 3.61. The SMILES string of the molecule is CCNC(CC)c1c(Br)cnn1CCOC. The van der Waals surface area contributed by atoms with Gasteiger partial charge in [0.1, 0.15) is 0 Å². The first-order valence-corrected chi connectivity index (χ1v) is 6.47. The predicted molar refractivity (Wildman–Crippen MR) is 68.5 cm³/mol. The van der Waals surface area contributed by atoms with Crippen LogP contribution in [0.25, 0.3) is 0 Å². The van der Waals surface area contributed by atoms with Gasteiger partial charge in [-0.15, -0.1) is 0 Å². The van der Waals surface area contributed by atoms with Gasteiger partial charge < -0.3 is 10.1 Å². The number of hydrogen-bond acceptors (Lipinski definition) is 3. The molecule has 0 amide bonds. The third-order valence-corrected chi connectivity index (χ3v) is 3.14. The minimum absolute atomic E-state index is 0.346. The average Bonchev–Trinajstić information content (AvgIpc) is 2.65. The highest BCUT2D eigenvalue weighted by molar-refractivity contribution is 9.10. The van der Waals surface area contributed by atoms with Crippen LogP contribution in [-0.4, -0.2) is 30.0 Å². The van der Waals surface area contributed by atoms with Crippen LogP contribution >= 0.6 is 15.9 Å². The van der Waals surface area contributed by atoms with Gasteiger partial charge in [-0.3, -0.25) is 4.68 Å². The van der Waals surface area contributed by atoms with Gasteiger partial charge in [-0.25, -0.2) is 0 Å². The summed E-state index contributed by atoms with van der Waals surface area (Å²) in [7, 11) is 1.71. The summed E-state index contributed by atoms with van der Waals surface area (Å²) in [5.41, 5.74) is 1.21. The summed E-state index contributed by atoms with van der Waals surface area (Å²) in [4.78, 5) is 0. The number of rotatable bonds is 7. The zero-order chi connectivity index (χ0) is 12.0. The summed E-state index contributed by atoms with van der Waals surface area (Å²) in [5, 5.41) is 7.81. The molecule has 1 aromatic rings. The summed E-state index contributed by atoms with van der Waals surface area (Å²) in [6, 6.07) is 0.346. The van der Waals surface area contributed by atoms with Crippen molar-refractivity contribution in [3.05, 3.63) is 16.4 Å². The van der Waals surface area contributed by atoms with Gasteiger partial charge in [-0.2, -0.15) is 5.10 Å². The Labute approximate surface area is 105 Å². The monoisotopic (exact) mass is 289 g/mol. The molecule has 0 fully saturated rings. The molecular weight excluding hydrogens is 270 g/mol.